The average molecular weight is 393 g/mol. The highest BCUT2D eigenvalue weighted by atomic mass is 16.2. The van der Waals surface area contributed by atoms with Crippen molar-refractivity contribution in [3.63, 3.8) is 0 Å². The molecule has 0 atom stereocenters. The van der Waals surface area contributed by atoms with E-state index in [0.717, 1.165) is 22.7 Å². The van der Waals surface area contributed by atoms with Gasteiger partial charge in [-0.25, -0.2) is 4.98 Å². The minimum absolute atomic E-state index is 0.0124. The minimum atomic E-state index is 0.0124. The fraction of sp³-hybridized carbons (Fsp3) is 0.333. The number of H-pyrrole nitrogens is 1. The number of hydrogen-bond donors (Lipinski definition) is 3. The van der Waals surface area contributed by atoms with Crippen LogP contribution in [0.2, 0.25) is 0 Å². The SMILES string of the molecule is C=CN(CC(=O)N(C)C)c1cc(C2CC2)cn2cc(CNc3c[nH]c(N)c3)nc12. The maximum absolute atomic E-state index is 12.3. The number of imidazole rings is 1. The summed E-state index contributed by atoms with van der Waals surface area (Å²) in [7, 11) is 3.51. The molecule has 8 heteroatoms. The number of fused-ring (bicyclic) bond motifs is 1. The van der Waals surface area contributed by atoms with Gasteiger partial charge in [0.05, 0.1) is 23.6 Å². The number of nitrogen functional groups attached to an aromatic ring is 1. The Balaban J connectivity index is 1.66. The van der Waals surface area contributed by atoms with Gasteiger partial charge in [-0.1, -0.05) is 6.58 Å². The molecule has 0 aliphatic heterocycles. The average Bonchev–Trinajstić information content (AvgIpc) is 3.34. The van der Waals surface area contributed by atoms with E-state index in [4.69, 9.17) is 10.7 Å². The van der Waals surface area contributed by atoms with Crippen molar-refractivity contribution in [3.8, 4) is 0 Å². The van der Waals surface area contributed by atoms with Gasteiger partial charge in [0.15, 0.2) is 5.65 Å². The van der Waals surface area contributed by atoms with Crippen molar-refractivity contribution < 1.29 is 4.79 Å². The summed E-state index contributed by atoms with van der Waals surface area (Å²) in [5.74, 6) is 1.21. The van der Waals surface area contributed by atoms with Crippen molar-refractivity contribution in [2.75, 3.05) is 36.6 Å². The van der Waals surface area contributed by atoms with E-state index in [1.54, 1.807) is 25.2 Å². The van der Waals surface area contributed by atoms with Gasteiger partial charge in [-0.05, 0) is 36.6 Å². The zero-order chi connectivity index (χ0) is 20.5. The molecular formula is C21H27N7O. The monoisotopic (exact) mass is 393 g/mol. The molecule has 29 heavy (non-hydrogen) atoms. The van der Waals surface area contributed by atoms with Crippen LogP contribution in [0.4, 0.5) is 17.2 Å². The Hall–Kier alpha value is -3.42. The van der Waals surface area contributed by atoms with Gasteiger partial charge in [0.25, 0.3) is 0 Å². The van der Waals surface area contributed by atoms with Crippen molar-refractivity contribution in [3.05, 3.63) is 54.8 Å². The molecule has 0 radical (unpaired) electrons. The van der Waals surface area contributed by atoms with Crippen LogP contribution >= 0.6 is 0 Å². The number of pyridine rings is 1. The second-order valence-corrected chi connectivity index (χ2v) is 7.69. The first-order valence-corrected chi connectivity index (χ1v) is 9.73. The molecule has 3 heterocycles. The highest BCUT2D eigenvalue weighted by Gasteiger charge is 2.26. The highest BCUT2D eigenvalue weighted by Crippen LogP contribution is 2.41. The van der Waals surface area contributed by atoms with E-state index in [2.05, 4.69) is 33.5 Å². The van der Waals surface area contributed by atoms with E-state index in [1.165, 1.54) is 18.4 Å². The number of hydrogen-bond acceptors (Lipinski definition) is 5. The van der Waals surface area contributed by atoms with E-state index >= 15 is 0 Å². The summed E-state index contributed by atoms with van der Waals surface area (Å²) in [5, 5.41) is 3.32. The molecule has 0 bridgehead atoms. The maximum Gasteiger partial charge on any atom is 0.241 e. The molecule has 3 aromatic heterocycles. The summed E-state index contributed by atoms with van der Waals surface area (Å²) < 4.78 is 2.06. The van der Waals surface area contributed by atoms with Gasteiger partial charge in [0.2, 0.25) is 5.91 Å². The molecule has 1 amide bonds. The van der Waals surface area contributed by atoms with E-state index in [-0.39, 0.29) is 12.5 Å². The maximum atomic E-state index is 12.3. The molecule has 0 spiro atoms. The summed E-state index contributed by atoms with van der Waals surface area (Å²) in [4.78, 5) is 23.5. The van der Waals surface area contributed by atoms with E-state index in [1.807, 2.05) is 23.4 Å². The lowest BCUT2D eigenvalue weighted by atomic mass is 10.1. The van der Waals surface area contributed by atoms with E-state index in [0.29, 0.717) is 18.3 Å². The van der Waals surface area contributed by atoms with E-state index in [9.17, 15) is 4.79 Å². The van der Waals surface area contributed by atoms with Gasteiger partial charge in [0.1, 0.15) is 12.4 Å². The van der Waals surface area contributed by atoms with Crippen molar-refractivity contribution in [1.29, 1.82) is 0 Å². The van der Waals surface area contributed by atoms with Gasteiger partial charge < -0.3 is 30.2 Å². The molecule has 0 aromatic carbocycles. The number of rotatable bonds is 8. The number of carbonyl (C=O) groups excluding carboxylic acids is 1. The number of carbonyl (C=O) groups is 1. The number of aromatic amines is 1. The number of anilines is 3. The normalized spacial score (nSPS) is 13.4. The third-order valence-electron chi connectivity index (χ3n) is 5.16. The van der Waals surface area contributed by atoms with Crippen LogP contribution in [0.5, 0.6) is 0 Å². The zero-order valence-corrected chi connectivity index (χ0v) is 16.9. The van der Waals surface area contributed by atoms with Crippen LogP contribution in [0.3, 0.4) is 0 Å². The van der Waals surface area contributed by atoms with Crippen LogP contribution in [-0.4, -0.2) is 45.8 Å². The quantitative estimate of drug-likeness (QED) is 0.547. The molecule has 1 aliphatic rings. The van der Waals surface area contributed by atoms with Crippen LogP contribution < -0.4 is 16.0 Å². The molecule has 4 N–H and O–H groups in total. The van der Waals surface area contributed by atoms with Crippen LogP contribution in [-0.2, 0) is 11.3 Å². The van der Waals surface area contributed by atoms with Crippen molar-refractivity contribution in [2.24, 2.45) is 0 Å². The van der Waals surface area contributed by atoms with Crippen molar-refractivity contribution in [2.45, 2.75) is 25.3 Å². The molecule has 8 nitrogen and oxygen atoms in total. The fourth-order valence-electron chi connectivity index (χ4n) is 3.33. The largest absolute Gasteiger partial charge is 0.385 e. The summed E-state index contributed by atoms with van der Waals surface area (Å²) in [5.41, 5.74) is 10.5. The standard InChI is InChI=1S/C21H27N7O/c1-4-27(13-20(29)26(2)3)18-7-15(14-5-6-14)11-28-12-17(25-21(18)28)10-23-16-8-19(22)24-9-16/h4,7-9,11-12,14,23-24H,1,5-6,10,13,22H2,2-3H3. The first-order valence-electron chi connectivity index (χ1n) is 9.73. The van der Waals surface area contributed by atoms with Crippen molar-refractivity contribution >= 4 is 28.7 Å². The number of nitrogens with one attached hydrogen (secondary N) is 2. The number of aromatic nitrogens is 3. The Labute approximate surface area is 170 Å². The Morgan fingerprint density at radius 2 is 2.21 bits per heavy atom. The summed E-state index contributed by atoms with van der Waals surface area (Å²) >= 11 is 0. The van der Waals surface area contributed by atoms with Gasteiger partial charge in [-0.2, -0.15) is 0 Å². The van der Waals surface area contributed by atoms with Crippen LogP contribution in [0.25, 0.3) is 5.65 Å². The first-order chi connectivity index (χ1) is 13.9. The molecule has 1 fully saturated rings. The van der Waals surface area contributed by atoms with Gasteiger partial charge >= 0.3 is 0 Å². The van der Waals surface area contributed by atoms with E-state index < -0.39 is 0 Å². The summed E-state index contributed by atoms with van der Waals surface area (Å²) in [6, 6.07) is 3.99. The third-order valence-corrected chi connectivity index (χ3v) is 5.16. The fourth-order valence-corrected chi connectivity index (χ4v) is 3.33. The molecular weight excluding hydrogens is 366 g/mol. The third kappa shape index (κ3) is 4.06. The van der Waals surface area contributed by atoms with Crippen LogP contribution in [0.15, 0.2) is 43.5 Å². The highest BCUT2D eigenvalue weighted by molar-refractivity contribution is 5.84. The zero-order valence-electron chi connectivity index (χ0n) is 16.9. The number of nitrogens with zero attached hydrogens (tertiary/aromatic N) is 4. The minimum Gasteiger partial charge on any atom is -0.385 e. The Kier molecular flexibility index (Phi) is 4.92. The molecule has 0 unspecified atom stereocenters. The predicted molar refractivity (Wildman–Crippen MR) is 116 cm³/mol. The summed E-state index contributed by atoms with van der Waals surface area (Å²) in [6.07, 6.45) is 10.1. The van der Waals surface area contributed by atoms with Crippen LogP contribution in [0.1, 0.15) is 30.0 Å². The Morgan fingerprint density at radius 1 is 1.41 bits per heavy atom. The van der Waals surface area contributed by atoms with Gasteiger partial charge in [-0.15, -0.1) is 0 Å². The Bertz CT molecular complexity index is 1040. The molecule has 152 valence electrons. The molecule has 4 rings (SSSR count). The molecule has 1 saturated carbocycles. The molecule has 3 aromatic rings. The van der Waals surface area contributed by atoms with Crippen molar-refractivity contribution in [1.82, 2.24) is 19.3 Å². The summed E-state index contributed by atoms with van der Waals surface area (Å²) in [6.45, 7) is 4.72. The number of likely N-dealkylation sites (N-methyl/N-ethyl adjacent to an activating group) is 1. The van der Waals surface area contributed by atoms with Crippen LogP contribution in [0, 0.1) is 0 Å². The molecule has 0 saturated heterocycles. The second-order valence-electron chi connectivity index (χ2n) is 7.69. The lowest BCUT2D eigenvalue weighted by molar-refractivity contribution is -0.127. The Morgan fingerprint density at radius 3 is 2.83 bits per heavy atom. The second kappa shape index (κ2) is 7.54. The van der Waals surface area contributed by atoms with Gasteiger partial charge in [-0.3, -0.25) is 4.79 Å². The lowest BCUT2D eigenvalue weighted by Crippen LogP contribution is -2.34. The predicted octanol–water partition coefficient (Wildman–Crippen LogP) is 2.77. The number of amides is 1. The molecule has 1 aliphatic carbocycles. The smallest absolute Gasteiger partial charge is 0.241 e. The number of nitrogens with two attached hydrogens (primary N) is 1. The van der Waals surface area contributed by atoms with Gasteiger partial charge in [0, 0.05) is 38.8 Å². The topological polar surface area (TPSA) is 94.7 Å². The first kappa shape index (κ1) is 18.9. The lowest BCUT2D eigenvalue weighted by Gasteiger charge is -2.23.